The Hall–Kier alpha value is -0.970. The maximum absolute atomic E-state index is 11.7. The highest BCUT2D eigenvalue weighted by Gasteiger charge is 2.29. The highest BCUT2D eigenvalue weighted by molar-refractivity contribution is 7.80. The zero-order chi connectivity index (χ0) is 10.8. The number of hydrogen-bond donors (Lipinski definition) is 1. The lowest BCUT2D eigenvalue weighted by molar-refractivity contribution is -0.146. The van der Waals surface area contributed by atoms with E-state index >= 15 is 0 Å². The molecule has 82 valence electrons. The van der Waals surface area contributed by atoms with E-state index in [9.17, 15) is 4.79 Å². The predicted molar refractivity (Wildman–Crippen MR) is 60.9 cm³/mol. The van der Waals surface area contributed by atoms with Gasteiger partial charge in [-0.3, -0.25) is 4.79 Å². The standard InChI is InChI=1S/C10H14N2O2S/c1-6-8(4-11-10(15)12-6)9(13)14-5-7-2-3-7/h7-8H,2-5H2,1H3,(H,11,15). The summed E-state index contributed by atoms with van der Waals surface area (Å²) in [7, 11) is 0. The second-order valence-electron chi connectivity index (χ2n) is 4.07. The molecule has 0 bridgehead atoms. The van der Waals surface area contributed by atoms with Crippen molar-refractivity contribution in [2.45, 2.75) is 19.8 Å². The van der Waals surface area contributed by atoms with Crippen molar-refractivity contribution in [1.82, 2.24) is 5.32 Å². The van der Waals surface area contributed by atoms with Crippen LogP contribution in [0.15, 0.2) is 4.99 Å². The van der Waals surface area contributed by atoms with Crippen molar-refractivity contribution in [3.05, 3.63) is 0 Å². The molecule has 1 fully saturated rings. The molecule has 2 rings (SSSR count). The number of thiocarbonyl (C=S) groups is 1. The van der Waals surface area contributed by atoms with Gasteiger partial charge in [0.05, 0.1) is 6.61 Å². The van der Waals surface area contributed by atoms with Gasteiger partial charge in [0.1, 0.15) is 5.92 Å². The van der Waals surface area contributed by atoms with Crippen molar-refractivity contribution in [3.8, 4) is 0 Å². The summed E-state index contributed by atoms with van der Waals surface area (Å²) in [4.78, 5) is 15.7. The lowest BCUT2D eigenvalue weighted by atomic mass is 10.0. The van der Waals surface area contributed by atoms with Crippen LogP contribution in [0, 0.1) is 11.8 Å². The van der Waals surface area contributed by atoms with Crippen LogP contribution >= 0.6 is 12.2 Å². The number of aliphatic imine (C=N–C) groups is 1. The van der Waals surface area contributed by atoms with Crippen molar-refractivity contribution >= 4 is 29.0 Å². The average Bonchev–Trinajstić information content (AvgIpc) is 2.97. The normalized spacial score (nSPS) is 25.5. The lowest BCUT2D eigenvalue weighted by Crippen LogP contribution is -2.41. The topological polar surface area (TPSA) is 50.7 Å². The van der Waals surface area contributed by atoms with Crippen LogP contribution < -0.4 is 5.32 Å². The predicted octanol–water partition coefficient (Wildman–Crippen LogP) is 0.905. The molecule has 0 aromatic rings. The number of carbonyl (C=O) groups is 1. The molecule has 1 saturated carbocycles. The Labute approximate surface area is 94.1 Å². The lowest BCUT2D eigenvalue weighted by Gasteiger charge is -2.20. The summed E-state index contributed by atoms with van der Waals surface area (Å²) < 4.78 is 5.21. The first-order chi connectivity index (χ1) is 7.16. The fourth-order valence-corrected chi connectivity index (χ4v) is 1.68. The third-order valence-electron chi connectivity index (χ3n) is 2.68. The van der Waals surface area contributed by atoms with Gasteiger partial charge in [-0.05, 0) is 37.9 Å². The number of nitrogens with one attached hydrogen (secondary N) is 1. The molecule has 5 heteroatoms. The van der Waals surface area contributed by atoms with Gasteiger partial charge in [-0.15, -0.1) is 0 Å². The quantitative estimate of drug-likeness (QED) is 0.574. The van der Waals surface area contributed by atoms with E-state index in [1.165, 1.54) is 12.8 Å². The van der Waals surface area contributed by atoms with Crippen LogP contribution in [0.3, 0.4) is 0 Å². The molecular formula is C10H14N2O2S. The largest absolute Gasteiger partial charge is 0.465 e. The van der Waals surface area contributed by atoms with Gasteiger partial charge in [0.25, 0.3) is 0 Å². The SMILES string of the molecule is CC1=NC(=S)NCC1C(=O)OCC1CC1. The Balaban J connectivity index is 1.88. The third-order valence-corrected chi connectivity index (χ3v) is 2.92. The Morgan fingerprint density at radius 1 is 1.67 bits per heavy atom. The molecule has 1 heterocycles. The second-order valence-corrected chi connectivity index (χ2v) is 4.45. The molecule has 0 aromatic heterocycles. The smallest absolute Gasteiger partial charge is 0.316 e. The van der Waals surface area contributed by atoms with Gasteiger partial charge in [0, 0.05) is 12.3 Å². The summed E-state index contributed by atoms with van der Waals surface area (Å²) in [6.07, 6.45) is 2.38. The van der Waals surface area contributed by atoms with Crippen LogP contribution in [0.25, 0.3) is 0 Å². The molecular weight excluding hydrogens is 212 g/mol. The Kier molecular flexibility index (Phi) is 3.00. The van der Waals surface area contributed by atoms with Crippen LogP contribution in [0.5, 0.6) is 0 Å². The molecule has 0 aromatic carbocycles. The Morgan fingerprint density at radius 2 is 2.40 bits per heavy atom. The summed E-state index contributed by atoms with van der Waals surface area (Å²) in [6.45, 7) is 2.89. The third kappa shape index (κ3) is 2.75. The average molecular weight is 226 g/mol. The Morgan fingerprint density at radius 3 is 3.00 bits per heavy atom. The second kappa shape index (κ2) is 4.26. The minimum absolute atomic E-state index is 0.182. The number of carbonyl (C=O) groups excluding carboxylic acids is 1. The van der Waals surface area contributed by atoms with Gasteiger partial charge in [0.2, 0.25) is 0 Å². The zero-order valence-corrected chi connectivity index (χ0v) is 9.47. The van der Waals surface area contributed by atoms with E-state index in [-0.39, 0.29) is 11.9 Å². The van der Waals surface area contributed by atoms with Crippen LogP contribution in [-0.4, -0.2) is 29.9 Å². The van der Waals surface area contributed by atoms with Gasteiger partial charge in [-0.1, -0.05) is 0 Å². The zero-order valence-electron chi connectivity index (χ0n) is 8.66. The number of ether oxygens (including phenoxy) is 1. The van der Waals surface area contributed by atoms with E-state index in [1.54, 1.807) is 0 Å². The molecule has 1 aliphatic carbocycles. The molecule has 1 atom stereocenters. The first-order valence-corrected chi connectivity index (χ1v) is 5.57. The van der Waals surface area contributed by atoms with E-state index in [2.05, 4.69) is 10.3 Å². The van der Waals surface area contributed by atoms with E-state index in [4.69, 9.17) is 17.0 Å². The van der Waals surface area contributed by atoms with Crippen LogP contribution in [0.1, 0.15) is 19.8 Å². The van der Waals surface area contributed by atoms with E-state index in [1.807, 2.05) is 6.92 Å². The van der Waals surface area contributed by atoms with Crippen molar-refractivity contribution in [2.24, 2.45) is 16.8 Å². The van der Waals surface area contributed by atoms with Crippen LogP contribution in [-0.2, 0) is 9.53 Å². The molecule has 1 N–H and O–H groups in total. The molecule has 2 aliphatic rings. The van der Waals surface area contributed by atoms with E-state index in [0.29, 0.717) is 24.2 Å². The molecule has 0 radical (unpaired) electrons. The van der Waals surface area contributed by atoms with Crippen molar-refractivity contribution in [2.75, 3.05) is 13.2 Å². The van der Waals surface area contributed by atoms with E-state index < -0.39 is 0 Å². The molecule has 15 heavy (non-hydrogen) atoms. The molecule has 1 unspecified atom stereocenters. The summed E-state index contributed by atoms with van der Waals surface area (Å²) in [5.74, 6) is 0.150. The monoisotopic (exact) mass is 226 g/mol. The molecule has 1 aliphatic heterocycles. The van der Waals surface area contributed by atoms with Gasteiger partial charge in [-0.2, -0.15) is 0 Å². The molecule has 0 saturated heterocycles. The highest BCUT2D eigenvalue weighted by atomic mass is 32.1. The Bertz CT molecular complexity index is 323. The highest BCUT2D eigenvalue weighted by Crippen LogP contribution is 2.29. The fourth-order valence-electron chi connectivity index (χ4n) is 1.45. The fraction of sp³-hybridized carbons (Fsp3) is 0.700. The summed E-state index contributed by atoms with van der Waals surface area (Å²) in [5, 5.41) is 3.35. The van der Waals surface area contributed by atoms with Gasteiger partial charge < -0.3 is 10.1 Å². The maximum Gasteiger partial charge on any atom is 0.316 e. The molecule has 4 nitrogen and oxygen atoms in total. The summed E-state index contributed by atoms with van der Waals surface area (Å²) >= 11 is 4.89. The first-order valence-electron chi connectivity index (χ1n) is 5.16. The number of esters is 1. The minimum Gasteiger partial charge on any atom is -0.465 e. The summed E-state index contributed by atoms with van der Waals surface area (Å²) in [5.41, 5.74) is 0.750. The van der Waals surface area contributed by atoms with Crippen LogP contribution in [0.4, 0.5) is 0 Å². The number of nitrogens with zero attached hydrogens (tertiary/aromatic N) is 1. The van der Waals surface area contributed by atoms with Crippen LogP contribution in [0.2, 0.25) is 0 Å². The van der Waals surface area contributed by atoms with Gasteiger partial charge in [0.15, 0.2) is 5.11 Å². The molecule has 0 amide bonds. The van der Waals surface area contributed by atoms with E-state index in [0.717, 1.165) is 5.71 Å². The summed E-state index contributed by atoms with van der Waals surface area (Å²) in [6, 6.07) is 0. The first kappa shape index (κ1) is 10.5. The van der Waals surface area contributed by atoms with Gasteiger partial charge >= 0.3 is 5.97 Å². The number of hydrogen-bond acceptors (Lipinski definition) is 3. The molecule has 0 spiro atoms. The van der Waals surface area contributed by atoms with Crippen molar-refractivity contribution < 1.29 is 9.53 Å². The maximum atomic E-state index is 11.7. The van der Waals surface area contributed by atoms with Crippen molar-refractivity contribution in [1.29, 1.82) is 0 Å². The van der Waals surface area contributed by atoms with Crippen molar-refractivity contribution in [3.63, 3.8) is 0 Å². The van der Waals surface area contributed by atoms with Gasteiger partial charge in [-0.25, -0.2) is 4.99 Å². The number of rotatable bonds is 3. The minimum atomic E-state index is -0.268.